The van der Waals surface area contributed by atoms with Crippen molar-refractivity contribution in [3.05, 3.63) is 28.5 Å². The second kappa shape index (κ2) is 5.50. The van der Waals surface area contributed by atoms with E-state index in [9.17, 15) is 9.90 Å². The molecule has 0 amide bonds. The summed E-state index contributed by atoms with van der Waals surface area (Å²) in [6.45, 7) is 5.57. The minimum atomic E-state index is -0.938. The fourth-order valence-corrected chi connectivity index (χ4v) is 4.57. The first-order valence-corrected chi connectivity index (χ1v) is 8.85. The number of hydrogen-bond donors (Lipinski definition) is 1. The lowest BCUT2D eigenvalue weighted by Crippen LogP contribution is -2.48. The Bertz CT molecular complexity index is 582. The van der Waals surface area contributed by atoms with E-state index in [1.165, 1.54) is 10.5 Å². The van der Waals surface area contributed by atoms with Crippen molar-refractivity contribution in [2.45, 2.75) is 57.7 Å². The van der Waals surface area contributed by atoms with Gasteiger partial charge in [-0.05, 0) is 63.0 Å². The molecule has 0 saturated heterocycles. The Kier molecular flexibility index (Phi) is 3.94. The highest BCUT2D eigenvalue weighted by atomic mass is 32.1. The second-order valence-electron chi connectivity index (χ2n) is 7.55. The summed E-state index contributed by atoms with van der Waals surface area (Å²) in [5, 5.41) is 13.1. The van der Waals surface area contributed by atoms with Crippen LogP contribution in [0, 0.1) is 11.8 Å². The van der Waals surface area contributed by atoms with Crippen molar-refractivity contribution in [2.75, 3.05) is 0 Å². The van der Waals surface area contributed by atoms with Crippen LogP contribution in [0.5, 0.6) is 0 Å². The molecule has 3 aliphatic carbocycles. The second-order valence-corrected chi connectivity index (χ2v) is 8.50. The molecule has 0 aliphatic heterocycles. The average molecular weight is 320 g/mol. The predicted molar refractivity (Wildman–Crippen MR) is 88.5 cm³/mol. The molecule has 1 aromatic heterocycles. The van der Waals surface area contributed by atoms with E-state index < -0.39 is 11.2 Å². The largest absolute Gasteiger partial charge is 0.460 e. The van der Waals surface area contributed by atoms with Crippen molar-refractivity contribution >= 4 is 22.9 Å². The maximum atomic E-state index is 12.1. The molecule has 4 rings (SSSR count). The summed E-state index contributed by atoms with van der Waals surface area (Å²) in [5.41, 5.74) is -0.0782. The Morgan fingerprint density at radius 3 is 2.77 bits per heavy atom. The molecule has 0 spiro atoms. The first-order valence-electron chi connectivity index (χ1n) is 7.97. The van der Waals surface area contributed by atoms with E-state index in [-0.39, 0.29) is 18.3 Å². The smallest absolute Gasteiger partial charge is 0.309 e. The van der Waals surface area contributed by atoms with Crippen LogP contribution in [0.4, 0.5) is 0 Å². The predicted octanol–water partition coefficient (Wildman–Crippen LogP) is 4.02. The zero-order valence-corrected chi connectivity index (χ0v) is 14.3. The van der Waals surface area contributed by atoms with Crippen LogP contribution in [0.25, 0.3) is 5.57 Å². The Balaban J connectivity index is 1.76. The maximum Gasteiger partial charge on any atom is 0.309 e. The van der Waals surface area contributed by atoms with Gasteiger partial charge < -0.3 is 9.84 Å². The summed E-state index contributed by atoms with van der Waals surface area (Å²) < 4.78 is 5.39. The Hall–Kier alpha value is -1.13. The van der Waals surface area contributed by atoms with E-state index in [0.717, 1.165) is 12.8 Å². The van der Waals surface area contributed by atoms with Gasteiger partial charge in [0, 0.05) is 10.8 Å². The molecule has 3 nitrogen and oxygen atoms in total. The number of thiophene rings is 1. The third-order valence-electron chi connectivity index (χ3n) is 4.61. The van der Waals surface area contributed by atoms with Crippen molar-refractivity contribution in [1.82, 2.24) is 0 Å². The van der Waals surface area contributed by atoms with E-state index in [4.69, 9.17) is 4.74 Å². The van der Waals surface area contributed by atoms with Crippen molar-refractivity contribution in [1.29, 1.82) is 0 Å². The first kappa shape index (κ1) is 15.8. The van der Waals surface area contributed by atoms with Crippen LogP contribution in [-0.4, -0.2) is 22.3 Å². The van der Waals surface area contributed by atoms with Crippen molar-refractivity contribution in [3.63, 3.8) is 0 Å². The van der Waals surface area contributed by atoms with Crippen molar-refractivity contribution in [3.8, 4) is 0 Å². The number of ether oxygens (including phenoxy) is 1. The third kappa shape index (κ3) is 3.13. The molecule has 0 radical (unpaired) electrons. The minimum absolute atomic E-state index is 0.0575. The number of esters is 1. The molecule has 1 aromatic rings. The standard InChI is InChI=1S/C18H24O3S/c1-17(2,3)21-16(19)11-18(20)10-12-6-7-13(18)9-14(12)15-5-4-8-22-15/h4-5,8-9,12-13,20H,6-7,10-11H2,1-3H3/t12-,13-,18-/m1/s1. The minimum Gasteiger partial charge on any atom is -0.460 e. The van der Waals surface area contributed by atoms with E-state index in [1.54, 1.807) is 11.3 Å². The fraction of sp³-hybridized carbons (Fsp3) is 0.611. The normalized spacial score (nSPS) is 31.0. The Morgan fingerprint density at radius 1 is 1.45 bits per heavy atom. The maximum absolute atomic E-state index is 12.1. The van der Waals surface area contributed by atoms with Gasteiger partial charge >= 0.3 is 5.97 Å². The van der Waals surface area contributed by atoms with Gasteiger partial charge in [-0.1, -0.05) is 12.1 Å². The Labute approximate surface area is 136 Å². The fourth-order valence-electron chi connectivity index (χ4n) is 3.74. The monoisotopic (exact) mass is 320 g/mol. The van der Waals surface area contributed by atoms with Gasteiger partial charge in [-0.15, -0.1) is 11.3 Å². The molecule has 0 unspecified atom stereocenters. The van der Waals surface area contributed by atoms with Crippen LogP contribution in [0.1, 0.15) is 51.3 Å². The van der Waals surface area contributed by atoms with Crippen LogP contribution in [0.15, 0.2) is 23.6 Å². The van der Waals surface area contributed by atoms with Gasteiger partial charge in [-0.25, -0.2) is 0 Å². The first-order chi connectivity index (χ1) is 10.3. The summed E-state index contributed by atoms with van der Waals surface area (Å²) >= 11 is 1.75. The molecule has 1 N–H and O–H groups in total. The summed E-state index contributed by atoms with van der Waals surface area (Å²) in [4.78, 5) is 13.4. The summed E-state index contributed by atoms with van der Waals surface area (Å²) in [6.07, 6.45) is 5.03. The molecular weight excluding hydrogens is 296 g/mol. The molecule has 1 fully saturated rings. The number of fused-ring (bicyclic) bond motifs is 2. The van der Waals surface area contributed by atoms with Crippen LogP contribution in [-0.2, 0) is 9.53 Å². The molecule has 120 valence electrons. The van der Waals surface area contributed by atoms with Crippen molar-refractivity contribution < 1.29 is 14.6 Å². The van der Waals surface area contributed by atoms with Gasteiger partial charge in [0.2, 0.25) is 0 Å². The summed E-state index contributed by atoms with van der Waals surface area (Å²) in [5.74, 6) is 0.117. The average Bonchev–Trinajstić information content (AvgIpc) is 2.89. The summed E-state index contributed by atoms with van der Waals surface area (Å²) in [7, 11) is 0. The van der Waals surface area contributed by atoms with Crippen LogP contribution >= 0.6 is 11.3 Å². The molecule has 3 aliphatic rings. The Morgan fingerprint density at radius 2 is 2.23 bits per heavy atom. The van der Waals surface area contributed by atoms with Gasteiger partial charge in [-0.3, -0.25) is 4.79 Å². The number of aliphatic hydroxyl groups is 1. The highest BCUT2D eigenvalue weighted by Gasteiger charge is 2.48. The highest BCUT2D eigenvalue weighted by Crippen LogP contribution is 2.51. The molecule has 22 heavy (non-hydrogen) atoms. The SMILES string of the molecule is CC(C)(C)OC(=O)C[C@]1(O)C[C@H]2CC[C@@H]1C=C2c1cccs1. The number of carbonyl (C=O) groups excluding carboxylic acids is 1. The lowest BCUT2D eigenvalue weighted by atomic mass is 9.62. The quantitative estimate of drug-likeness (QED) is 0.856. The molecule has 0 aromatic carbocycles. The molecule has 1 heterocycles. The van der Waals surface area contributed by atoms with Crippen LogP contribution in [0.3, 0.4) is 0 Å². The van der Waals surface area contributed by atoms with Crippen LogP contribution < -0.4 is 0 Å². The number of rotatable bonds is 3. The molecule has 4 heteroatoms. The van der Waals surface area contributed by atoms with Gasteiger partial charge in [0.25, 0.3) is 0 Å². The van der Waals surface area contributed by atoms with E-state index in [1.807, 2.05) is 20.8 Å². The number of hydrogen-bond acceptors (Lipinski definition) is 4. The van der Waals surface area contributed by atoms with E-state index in [0.29, 0.717) is 12.3 Å². The molecule has 3 atom stereocenters. The number of allylic oxidation sites excluding steroid dienone is 1. The zero-order valence-electron chi connectivity index (χ0n) is 13.5. The topological polar surface area (TPSA) is 46.5 Å². The van der Waals surface area contributed by atoms with E-state index >= 15 is 0 Å². The lowest BCUT2D eigenvalue weighted by molar-refractivity contribution is -0.164. The molecule has 1 saturated carbocycles. The molecular formula is C18H24O3S. The van der Waals surface area contributed by atoms with E-state index in [2.05, 4.69) is 23.6 Å². The lowest BCUT2D eigenvalue weighted by Gasteiger charge is -2.47. The zero-order chi connectivity index (χ0) is 16.0. The third-order valence-corrected chi connectivity index (χ3v) is 5.53. The highest BCUT2D eigenvalue weighted by molar-refractivity contribution is 7.11. The summed E-state index contributed by atoms with van der Waals surface area (Å²) in [6, 6.07) is 4.21. The van der Waals surface area contributed by atoms with Gasteiger partial charge in [0.15, 0.2) is 0 Å². The number of carbonyl (C=O) groups is 1. The van der Waals surface area contributed by atoms with Crippen molar-refractivity contribution in [2.24, 2.45) is 11.8 Å². The van der Waals surface area contributed by atoms with Gasteiger partial charge in [0.05, 0.1) is 12.0 Å². The van der Waals surface area contributed by atoms with Crippen LogP contribution in [0.2, 0.25) is 0 Å². The van der Waals surface area contributed by atoms with Gasteiger partial charge in [0.1, 0.15) is 5.60 Å². The van der Waals surface area contributed by atoms with Gasteiger partial charge in [-0.2, -0.15) is 0 Å². The molecule has 2 bridgehead atoms.